The van der Waals surface area contributed by atoms with Crippen molar-refractivity contribution in [2.75, 3.05) is 0 Å². The molecule has 2 rings (SSSR count). The average Bonchev–Trinajstić information content (AvgIpc) is 2.07. The van der Waals surface area contributed by atoms with Crippen LogP contribution in [0, 0.1) is 0 Å². The molecule has 0 aliphatic carbocycles. The number of hydrogen-bond acceptors (Lipinski definition) is 3. The van der Waals surface area contributed by atoms with Crippen LogP contribution >= 0.6 is 23.2 Å². The lowest BCUT2D eigenvalue weighted by Crippen LogP contribution is -2.14. The van der Waals surface area contributed by atoms with Crippen LogP contribution in [0.5, 0.6) is 0 Å². The number of fused-ring (bicyclic) bond motifs is 1. The Hall–Kier alpha value is -1.26. The molecule has 0 spiro atoms. The highest BCUT2D eigenvalue weighted by atomic mass is 35.5. The first-order valence-electron chi connectivity index (χ1n) is 3.60. The lowest BCUT2D eigenvalue weighted by atomic mass is 10.2. The molecule has 6 heteroatoms. The number of rotatable bonds is 0. The van der Waals surface area contributed by atoms with Crippen molar-refractivity contribution >= 4 is 34.1 Å². The van der Waals surface area contributed by atoms with Gasteiger partial charge >= 0.3 is 11.4 Å². The van der Waals surface area contributed by atoms with Crippen molar-refractivity contribution in [3.05, 3.63) is 43.1 Å². The minimum absolute atomic E-state index is 0.155. The van der Waals surface area contributed by atoms with E-state index in [0.29, 0.717) is 5.02 Å². The normalized spacial score (nSPS) is 10.7. The third-order valence-electron chi connectivity index (χ3n) is 1.69. The molecule has 0 radical (unpaired) electrons. The molecular weight excluding hydrogens is 229 g/mol. The second kappa shape index (κ2) is 3.15. The summed E-state index contributed by atoms with van der Waals surface area (Å²) in [5, 5.41) is 0.668. The van der Waals surface area contributed by atoms with Crippen LogP contribution in [0.2, 0.25) is 10.0 Å². The molecule has 4 nitrogen and oxygen atoms in total. The van der Waals surface area contributed by atoms with Crippen LogP contribution in [0.4, 0.5) is 0 Å². The smallest absolute Gasteiger partial charge is 0.372 e. The first-order chi connectivity index (χ1) is 6.58. The fraction of sp³-hybridized carbons (Fsp3) is 0. The van der Waals surface area contributed by atoms with E-state index in [-0.39, 0.29) is 15.9 Å². The molecule has 2 aromatic rings. The van der Waals surface area contributed by atoms with Gasteiger partial charge in [0.05, 0.1) is 15.9 Å². The Kier molecular flexibility index (Phi) is 2.09. The number of nitrogens with one attached hydrogen (secondary N) is 1. The zero-order valence-corrected chi connectivity index (χ0v) is 8.15. The predicted molar refractivity (Wildman–Crippen MR) is 53.1 cm³/mol. The predicted octanol–water partition coefficient (Wildman–Crippen LogP) is 1.79. The quantitative estimate of drug-likeness (QED) is 0.752. The summed E-state index contributed by atoms with van der Waals surface area (Å²) in [7, 11) is 0. The number of benzene rings is 1. The monoisotopic (exact) mass is 231 g/mol. The average molecular weight is 232 g/mol. The zero-order valence-electron chi connectivity index (χ0n) is 6.64. The number of aromatic amines is 1. The van der Waals surface area contributed by atoms with E-state index in [1.165, 1.54) is 12.1 Å². The fourth-order valence-corrected chi connectivity index (χ4v) is 1.67. The van der Waals surface area contributed by atoms with Crippen LogP contribution in [0.25, 0.3) is 10.9 Å². The third-order valence-corrected chi connectivity index (χ3v) is 2.20. The van der Waals surface area contributed by atoms with Gasteiger partial charge < -0.3 is 4.42 Å². The number of aromatic nitrogens is 1. The number of H-pyrrole nitrogens is 1. The standard InChI is InChI=1S/C8H3Cl2NO3/c9-3-1-4-6(5(10)2-3)11-8(13)14-7(4)12/h1-2H,(H,11,13). The molecule has 1 aromatic carbocycles. The molecule has 0 aliphatic heterocycles. The summed E-state index contributed by atoms with van der Waals surface area (Å²) >= 11 is 11.4. The molecule has 0 saturated heterocycles. The molecule has 72 valence electrons. The molecule has 0 saturated carbocycles. The van der Waals surface area contributed by atoms with Gasteiger partial charge in [0, 0.05) is 5.02 Å². The van der Waals surface area contributed by atoms with Crippen molar-refractivity contribution in [1.82, 2.24) is 4.98 Å². The Balaban J connectivity index is 3.10. The van der Waals surface area contributed by atoms with Crippen molar-refractivity contribution in [2.24, 2.45) is 0 Å². The maximum absolute atomic E-state index is 11.2. The van der Waals surface area contributed by atoms with Crippen molar-refractivity contribution in [1.29, 1.82) is 0 Å². The van der Waals surface area contributed by atoms with Crippen molar-refractivity contribution in [3.63, 3.8) is 0 Å². The highest BCUT2D eigenvalue weighted by Gasteiger charge is 2.07. The number of hydrogen-bond donors (Lipinski definition) is 1. The second-order valence-corrected chi connectivity index (χ2v) is 3.46. The Morgan fingerprint density at radius 3 is 2.64 bits per heavy atom. The first-order valence-corrected chi connectivity index (χ1v) is 4.36. The van der Waals surface area contributed by atoms with Crippen LogP contribution in [-0.2, 0) is 0 Å². The summed E-state index contributed by atoms with van der Waals surface area (Å²) in [6, 6.07) is 2.81. The Morgan fingerprint density at radius 1 is 1.21 bits per heavy atom. The van der Waals surface area contributed by atoms with Gasteiger partial charge in [-0.2, -0.15) is 0 Å². The minimum atomic E-state index is -0.841. The highest BCUT2D eigenvalue weighted by molar-refractivity contribution is 6.38. The minimum Gasteiger partial charge on any atom is -0.372 e. The molecule has 14 heavy (non-hydrogen) atoms. The van der Waals surface area contributed by atoms with Crippen LogP contribution in [0.3, 0.4) is 0 Å². The largest absolute Gasteiger partial charge is 0.419 e. The molecule has 0 atom stereocenters. The van der Waals surface area contributed by atoms with E-state index in [2.05, 4.69) is 9.40 Å². The van der Waals surface area contributed by atoms with E-state index in [4.69, 9.17) is 23.2 Å². The van der Waals surface area contributed by atoms with Gasteiger partial charge in [0.15, 0.2) is 0 Å². The van der Waals surface area contributed by atoms with Gasteiger partial charge in [-0.1, -0.05) is 23.2 Å². The van der Waals surface area contributed by atoms with Crippen LogP contribution < -0.4 is 11.4 Å². The lowest BCUT2D eigenvalue weighted by molar-refractivity contribution is 0.460. The summed E-state index contributed by atoms with van der Waals surface area (Å²) in [5.74, 6) is -0.841. The Labute approximate surface area is 87.1 Å². The molecule has 0 aliphatic rings. The van der Waals surface area contributed by atoms with Crippen molar-refractivity contribution < 1.29 is 4.42 Å². The van der Waals surface area contributed by atoms with E-state index in [9.17, 15) is 9.59 Å². The van der Waals surface area contributed by atoms with Crippen molar-refractivity contribution in [3.8, 4) is 0 Å². The molecule has 0 unspecified atom stereocenters. The van der Waals surface area contributed by atoms with Gasteiger partial charge in [-0.15, -0.1) is 0 Å². The lowest BCUT2D eigenvalue weighted by Gasteiger charge is -1.98. The zero-order chi connectivity index (χ0) is 10.3. The molecular formula is C8H3Cl2NO3. The molecule has 0 fully saturated rings. The highest BCUT2D eigenvalue weighted by Crippen LogP contribution is 2.23. The van der Waals surface area contributed by atoms with Gasteiger partial charge in [0.2, 0.25) is 0 Å². The van der Waals surface area contributed by atoms with E-state index in [1.807, 2.05) is 0 Å². The maximum atomic E-state index is 11.2. The van der Waals surface area contributed by atoms with Gasteiger partial charge in [-0.25, -0.2) is 9.59 Å². The van der Waals surface area contributed by atoms with E-state index in [0.717, 1.165) is 0 Å². The third kappa shape index (κ3) is 1.42. The molecule has 1 aromatic heterocycles. The van der Waals surface area contributed by atoms with Crippen LogP contribution in [-0.4, -0.2) is 4.98 Å². The first kappa shape index (κ1) is 9.30. The van der Waals surface area contributed by atoms with Gasteiger partial charge in [0.25, 0.3) is 0 Å². The molecule has 0 amide bonds. The van der Waals surface area contributed by atoms with Crippen LogP contribution in [0.15, 0.2) is 26.1 Å². The van der Waals surface area contributed by atoms with Gasteiger partial charge in [0.1, 0.15) is 0 Å². The molecule has 1 heterocycles. The summed E-state index contributed by atoms with van der Waals surface area (Å²) in [6.45, 7) is 0. The van der Waals surface area contributed by atoms with Gasteiger partial charge in [-0.05, 0) is 12.1 Å². The van der Waals surface area contributed by atoms with Crippen LogP contribution in [0.1, 0.15) is 0 Å². The van der Waals surface area contributed by atoms with E-state index >= 15 is 0 Å². The second-order valence-electron chi connectivity index (χ2n) is 2.61. The van der Waals surface area contributed by atoms with E-state index in [1.54, 1.807) is 0 Å². The Bertz CT molecular complexity index is 614. The fourth-order valence-electron chi connectivity index (χ4n) is 1.13. The maximum Gasteiger partial charge on any atom is 0.419 e. The van der Waals surface area contributed by atoms with E-state index < -0.39 is 11.4 Å². The number of halogens is 2. The summed E-state index contributed by atoms with van der Waals surface area (Å²) in [4.78, 5) is 24.3. The molecule has 0 bridgehead atoms. The SMILES string of the molecule is O=c1[nH]c2c(Cl)cc(Cl)cc2c(=O)o1. The van der Waals surface area contributed by atoms with Gasteiger partial charge in [-0.3, -0.25) is 4.98 Å². The summed E-state index contributed by atoms with van der Waals surface area (Å²) in [5.41, 5.74) is -0.523. The van der Waals surface area contributed by atoms with Crippen molar-refractivity contribution in [2.45, 2.75) is 0 Å². The Morgan fingerprint density at radius 2 is 1.93 bits per heavy atom. The summed E-state index contributed by atoms with van der Waals surface area (Å²) < 4.78 is 4.32. The molecule has 1 N–H and O–H groups in total. The topological polar surface area (TPSA) is 63.1 Å². The summed E-state index contributed by atoms with van der Waals surface area (Å²) in [6.07, 6.45) is 0.